The third-order valence-electron chi connectivity index (χ3n) is 3.48. The number of rotatable bonds is 6. The van der Waals surface area contributed by atoms with Gasteiger partial charge in [-0.1, -0.05) is 26.3 Å². The van der Waals surface area contributed by atoms with Gasteiger partial charge < -0.3 is 15.2 Å². The smallest absolute Gasteiger partial charge is 0.231 e. The van der Waals surface area contributed by atoms with E-state index >= 15 is 0 Å². The highest BCUT2D eigenvalue weighted by atomic mass is 16.7. The van der Waals surface area contributed by atoms with E-state index in [1.165, 1.54) is 18.4 Å². The van der Waals surface area contributed by atoms with Crippen LogP contribution in [0.4, 0.5) is 0 Å². The fraction of sp³-hybridized carbons (Fsp3) is 0.600. The average Bonchev–Trinajstić information content (AvgIpc) is 2.81. The Hall–Kier alpha value is -1.22. The SMILES string of the molecule is CC(C)CC[C@H](CCN)c1ccc2c(c1)OCO2. The van der Waals surface area contributed by atoms with Gasteiger partial charge in [-0.05, 0) is 48.9 Å². The first-order valence-corrected chi connectivity index (χ1v) is 6.80. The minimum atomic E-state index is 0.340. The topological polar surface area (TPSA) is 44.5 Å². The zero-order valence-corrected chi connectivity index (χ0v) is 11.3. The Morgan fingerprint density at radius 3 is 2.61 bits per heavy atom. The minimum Gasteiger partial charge on any atom is -0.454 e. The molecule has 1 aromatic carbocycles. The highest BCUT2D eigenvalue weighted by Crippen LogP contribution is 2.36. The summed E-state index contributed by atoms with van der Waals surface area (Å²) >= 11 is 0. The lowest BCUT2D eigenvalue weighted by Crippen LogP contribution is -2.08. The molecule has 0 amide bonds. The molecule has 0 aliphatic carbocycles. The van der Waals surface area contributed by atoms with Gasteiger partial charge >= 0.3 is 0 Å². The maximum Gasteiger partial charge on any atom is 0.231 e. The first kappa shape index (κ1) is 13.2. The number of hydrogen-bond donors (Lipinski definition) is 1. The summed E-state index contributed by atoms with van der Waals surface area (Å²) < 4.78 is 10.8. The molecule has 0 saturated carbocycles. The third kappa shape index (κ3) is 3.16. The van der Waals surface area contributed by atoms with Crippen LogP contribution in [0.5, 0.6) is 11.5 Å². The first-order valence-electron chi connectivity index (χ1n) is 6.80. The second-order valence-electron chi connectivity index (χ2n) is 5.36. The summed E-state index contributed by atoms with van der Waals surface area (Å²) in [7, 11) is 0. The zero-order chi connectivity index (χ0) is 13.0. The lowest BCUT2D eigenvalue weighted by atomic mass is 9.88. The largest absolute Gasteiger partial charge is 0.454 e. The minimum absolute atomic E-state index is 0.340. The van der Waals surface area contributed by atoms with Crippen LogP contribution in [0.25, 0.3) is 0 Å². The van der Waals surface area contributed by atoms with Gasteiger partial charge in [0.25, 0.3) is 0 Å². The van der Waals surface area contributed by atoms with Crippen molar-refractivity contribution < 1.29 is 9.47 Å². The van der Waals surface area contributed by atoms with Crippen molar-refractivity contribution in [3.63, 3.8) is 0 Å². The van der Waals surface area contributed by atoms with Crippen LogP contribution in [0.1, 0.15) is 44.6 Å². The molecule has 0 fully saturated rings. The molecule has 0 bridgehead atoms. The summed E-state index contributed by atoms with van der Waals surface area (Å²) in [6.07, 6.45) is 3.46. The Morgan fingerprint density at radius 2 is 1.89 bits per heavy atom. The van der Waals surface area contributed by atoms with Crippen molar-refractivity contribution in [2.24, 2.45) is 11.7 Å². The average molecular weight is 249 g/mol. The maximum atomic E-state index is 5.73. The lowest BCUT2D eigenvalue weighted by molar-refractivity contribution is 0.174. The summed E-state index contributed by atoms with van der Waals surface area (Å²) in [5.74, 6) is 3.00. The van der Waals surface area contributed by atoms with E-state index in [1.54, 1.807) is 0 Å². The molecule has 1 atom stereocenters. The standard InChI is InChI=1S/C15H23NO2/c1-11(2)3-4-12(7-8-16)13-5-6-14-15(9-13)18-10-17-14/h5-6,9,11-12H,3-4,7-8,10,16H2,1-2H3/t12-/m1/s1. The highest BCUT2D eigenvalue weighted by Gasteiger charge is 2.17. The molecular weight excluding hydrogens is 226 g/mol. The fourth-order valence-electron chi connectivity index (χ4n) is 2.38. The summed E-state index contributed by atoms with van der Waals surface area (Å²) in [5, 5.41) is 0. The molecule has 3 nitrogen and oxygen atoms in total. The van der Waals surface area contributed by atoms with Crippen molar-refractivity contribution in [3.8, 4) is 11.5 Å². The van der Waals surface area contributed by atoms with Crippen LogP contribution in [0, 0.1) is 5.92 Å². The van der Waals surface area contributed by atoms with E-state index in [4.69, 9.17) is 15.2 Å². The molecule has 0 radical (unpaired) electrons. The van der Waals surface area contributed by atoms with Gasteiger partial charge in [-0.3, -0.25) is 0 Å². The van der Waals surface area contributed by atoms with Crippen LogP contribution in [0.3, 0.4) is 0 Å². The molecule has 3 heteroatoms. The summed E-state index contributed by atoms with van der Waals surface area (Å²) in [6.45, 7) is 5.60. The normalized spacial score (nSPS) is 15.1. The molecule has 2 rings (SSSR count). The summed E-state index contributed by atoms with van der Waals surface area (Å²) in [4.78, 5) is 0. The zero-order valence-electron chi connectivity index (χ0n) is 11.3. The Balaban J connectivity index is 2.09. The van der Waals surface area contributed by atoms with Crippen molar-refractivity contribution in [1.82, 2.24) is 0 Å². The first-order chi connectivity index (χ1) is 8.70. The van der Waals surface area contributed by atoms with Crippen molar-refractivity contribution in [1.29, 1.82) is 0 Å². The highest BCUT2D eigenvalue weighted by molar-refractivity contribution is 5.45. The van der Waals surface area contributed by atoms with Crippen molar-refractivity contribution >= 4 is 0 Å². The number of fused-ring (bicyclic) bond motifs is 1. The second-order valence-corrected chi connectivity index (χ2v) is 5.36. The van der Waals surface area contributed by atoms with E-state index in [1.807, 2.05) is 6.07 Å². The molecule has 1 aliphatic rings. The molecule has 1 aliphatic heterocycles. The molecule has 1 aromatic rings. The molecule has 18 heavy (non-hydrogen) atoms. The van der Waals surface area contributed by atoms with Crippen LogP contribution in [-0.4, -0.2) is 13.3 Å². The van der Waals surface area contributed by atoms with Crippen molar-refractivity contribution in [3.05, 3.63) is 23.8 Å². The Kier molecular flexibility index (Phi) is 4.48. The lowest BCUT2D eigenvalue weighted by Gasteiger charge is -2.18. The van der Waals surface area contributed by atoms with Crippen LogP contribution in [0.15, 0.2) is 18.2 Å². The van der Waals surface area contributed by atoms with E-state index in [0.29, 0.717) is 12.7 Å². The molecule has 1 heterocycles. The van der Waals surface area contributed by atoms with Crippen LogP contribution in [0.2, 0.25) is 0 Å². The van der Waals surface area contributed by atoms with Crippen LogP contribution >= 0.6 is 0 Å². The van der Waals surface area contributed by atoms with Gasteiger partial charge in [-0.2, -0.15) is 0 Å². The van der Waals surface area contributed by atoms with E-state index in [0.717, 1.165) is 30.4 Å². The second kappa shape index (κ2) is 6.10. The van der Waals surface area contributed by atoms with Gasteiger partial charge in [-0.15, -0.1) is 0 Å². The van der Waals surface area contributed by atoms with Gasteiger partial charge in [-0.25, -0.2) is 0 Å². The van der Waals surface area contributed by atoms with Gasteiger partial charge in [0.05, 0.1) is 0 Å². The summed E-state index contributed by atoms with van der Waals surface area (Å²) in [5.41, 5.74) is 7.05. The Bertz CT molecular complexity index is 390. The molecule has 0 aromatic heterocycles. The van der Waals surface area contributed by atoms with E-state index in [2.05, 4.69) is 26.0 Å². The summed E-state index contributed by atoms with van der Waals surface area (Å²) in [6, 6.07) is 6.27. The van der Waals surface area contributed by atoms with Crippen LogP contribution in [-0.2, 0) is 0 Å². The molecular formula is C15H23NO2. The predicted molar refractivity (Wildman–Crippen MR) is 73.0 cm³/mol. The van der Waals surface area contributed by atoms with Crippen molar-refractivity contribution in [2.45, 2.75) is 39.0 Å². The monoisotopic (exact) mass is 249 g/mol. The van der Waals surface area contributed by atoms with Gasteiger partial charge in [0.15, 0.2) is 11.5 Å². The van der Waals surface area contributed by atoms with Gasteiger partial charge in [0.1, 0.15) is 0 Å². The van der Waals surface area contributed by atoms with Gasteiger partial charge in [0.2, 0.25) is 6.79 Å². The maximum absolute atomic E-state index is 5.73. The molecule has 100 valence electrons. The third-order valence-corrected chi connectivity index (χ3v) is 3.48. The quantitative estimate of drug-likeness (QED) is 0.841. The number of ether oxygens (including phenoxy) is 2. The predicted octanol–water partition coefficient (Wildman–Crippen LogP) is 3.28. The fourth-order valence-corrected chi connectivity index (χ4v) is 2.38. The number of nitrogens with two attached hydrogens (primary N) is 1. The van der Waals surface area contributed by atoms with Crippen molar-refractivity contribution in [2.75, 3.05) is 13.3 Å². The van der Waals surface area contributed by atoms with E-state index in [9.17, 15) is 0 Å². The number of benzene rings is 1. The molecule has 0 unspecified atom stereocenters. The van der Waals surface area contributed by atoms with Crippen LogP contribution < -0.4 is 15.2 Å². The van der Waals surface area contributed by atoms with Gasteiger partial charge in [0, 0.05) is 0 Å². The molecule has 0 spiro atoms. The Labute approximate surface area is 109 Å². The van der Waals surface area contributed by atoms with E-state index < -0.39 is 0 Å². The van der Waals surface area contributed by atoms with E-state index in [-0.39, 0.29) is 0 Å². The molecule has 2 N–H and O–H groups in total. The Morgan fingerprint density at radius 1 is 1.11 bits per heavy atom. The number of hydrogen-bond acceptors (Lipinski definition) is 3. The molecule has 0 saturated heterocycles.